The van der Waals surface area contributed by atoms with Gasteiger partial charge in [-0.15, -0.1) is 22.9 Å². The van der Waals surface area contributed by atoms with Crippen molar-refractivity contribution in [2.45, 2.75) is 6.54 Å². The third-order valence-corrected chi connectivity index (χ3v) is 4.01. The molecule has 0 aliphatic heterocycles. The minimum atomic E-state index is -0.149. The molecule has 1 aromatic carbocycles. The molecule has 100 valence electrons. The van der Waals surface area contributed by atoms with Crippen LogP contribution in [0.4, 0.5) is 5.13 Å². The Morgan fingerprint density at radius 1 is 1.37 bits per heavy atom. The van der Waals surface area contributed by atoms with Gasteiger partial charge in [-0.25, -0.2) is 4.98 Å². The fourth-order valence-corrected chi connectivity index (χ4v) is 2.63. The number of alkyl halides is 1. The number of nitrogens with zero attached hydrogens (tertiary/aromatic N) is 2. The number of anilines is 1. The Morgan fingerprint density at radius 3 is 2.68 bits per heavy atom. The Labute approximate surface area is 125 Å². The molecule has 2 rings (SSSR count). The molecular formula is C13H12Cl2N2OS. The first-order chi connectivity index (χ1) is 9.10. The van der Waals surface area contributed by atoms with Gasteiger partial charge < -0.3 is 4.90 Å². The fourth-order valence-electron chi connectivity index (χ4n) is 1.57. The minimum Gasteiger partial charge on any atom is -0.347 e. The number of hydrogen-bond acceptors (Lipinski definition) is 4. The third-order valence-electron chi connectivity index (χ3n) is 2.56. The molecule has 0 aliphatic rings. The second-order valence-corrected chi connectivity index (χ2v) is 5.59. The summed E-state index contributed by atoms with van der Waals surface area (Å²) >= 11 is 12.8. The molecule has 3 nitrogen and oxygen atoms in total. The van der Waals surface area contributed by atoms with E-state index in [1.807, 2.05) is 36.2 Å². The summed E-state index contributed by atoms with van der Waals surface area (Å²) in [6, 6.07) is 7.65. The average molecular weight is 315 g/mol. The lowest BCUT2D eigenvalue weighted by Gasteiger charge is -2.15. The number of thiazole rings is 1. The van der Waals surface area contributed by atoms with Crippen LogP contribution >= 0.6 is 34.5 Å². The Bertz CT molecular complexity index is 568. The van der Waals surface area contributed by atoms with E-state index in [9.17, 15) is 4.79 Å². The van der Waals surface area contributed by atoms with Gasteiger partial charge >= 0.3 is 0 Å². The first-order valence-electron chi connectivity index (χ1n) is 5.60. The van der Waals surface area contributed by atoms with Gasteiger partial charge in [0, 0.05) is 24.0 Å². The second-order valence-electron chi connectivity index (χ2n) is 4.05. The normalized spacial score (nSPS) is 10.5. The van der Waals surface area contributed by atoms with E-state index in [0.29, 0.717) is 12.2 Å². The molecule has 0 unspecified atom stereocenters. The van der Waals surface area contributed by atoms with Gasteiger partial charge in [-0.2, -0.15) is 0 Å². The molecule has 6 heteroatoms. The number of aromatic nitrogens is 1. The molecule has 0 atom stereocenters. The van der Waals surface area contributed by atoms with Crippen LogP contribution in [0.15, 0.2) is 29.6 Å². The molecule has 1 heterocycles. The van der Waals surface area contributed by atoms with Crippen molar-refractivity contribution < 1.29 is 4.79 Å². The Balaban J connectivity index is 2.07. The highest BCUT2D eigenvalue weighted by molar-refractivity contribution is 7.13. The number of hydrogen-bond donors (Lipinski definition) is 0. The molecule has 0 N–H and O–H groups in total. The maximum atomic E-state index is 11.4. The van der Waals surface area contributed by atoms with Gasteiger partial charge in [-0.1, -0.05) is 23.7 Å². The largest absolute Gasteiger partial charge is 0.347 e. The van der Waals surface area contributed by atoms with Crippen molar-refractivity contribution in [3.05, 3.63) is 45.9 Å². The first-order valence-corrected chi connectivity index (χ1v) is 7.39. The summed E-state index contributed by atoms with van der Waals surface area (Å²) in [5.41, 5.74) is 1.56. The molecule has 0 saturated carbocycles. The van der Waals surface area contributed by atoms with Gasteiger partial charge in [-0.3, -0.25) is 4.79 Å². The lowest BCUT2D eigenvalue weighted by molar-refractivity contribution is 0.101. The van der Waals surface area contributed by atoms with Crippen LogP contribution in [-0.2, 0) is 6.54 Å². The zero-order valence-corrected chi connectivity index (χ0v) is 12.6. The van der Waals surface area contributed by atoms with E-state index in [1.54, 1.807) is 5.38 Å². The Hall–Kier alpha value is -1.10. The lowest BCUT2D eigenvalue weighted by Crippen LogP contribution is -2.16. The number of halogens is 2. The van der Waals surface area contributed by atoms with E-state index in [2.05, 4.69) is 4.98 Å². The summed E-state index contributed by atoms with van der Waals surface area (Å²) in [4.78, 5) is 17.7. The van der Waals surface area contributed by atoms with Crippen molar-refractivity contribution in [1.29, 1.82) is 0 Å². The smallest absolute Gasteiger partial charge is 0.196 e. The van der Waals surface area contributed by atoms with E-state index in [-0.39, 0.29) is 11.7 Å². The number of carbonyl (C=O) groups is 1. The minimum absolute atomic E-state index is 0.0376. The van der Waals surface area contributed by atoms with Gasteiger partial charge in [-0.05, 0) is 17.7 Å². The maximum Gasteiger partial charge on any atom is 0.196 e. The number of Topliss-reactive ketones (excluding diaryl/α,β-unsaturated/α-hetero) is 1. The van der Waals surface area contributed by atoms with E-state index in [1.165, 1.54) is 11.3 Å². The Kier molecular flexibility index (Phi) is 4.80. The molecule has 0 radical (unpaired) electrons. The average Bonchev–Trinajstić information content (AvgIpc) is 2.90. The van der Waals surface area contributed by atoms with Gasteiger partial charge in [0.25, 0.3) is 0 Å². The van der Waals surface area contributed by atoms with Crippen molar-refractivity contribution in [1.82, 2.24) is 4.98 Å². The van der Waals surface area contributed by atoms with E-state index < -0.39 is 0 Å². The summed E-state index contributed by atoms with van der Waals surface area (Å²) in [6.07, 6.45) is 0. The van der Waals surface area contributed by atoms with Crippen LogP contribution in [0.2, 0.25) is 5.02 Å². The van der Waals surface area contributed by atoms with Gasteiger partial charge in [0.05, 0.1) is 5.88 Å². The number of benzene rings is 1. The van der Waals surface area contributed by atoms with Crippen molar-refractivity contribution in [2.75, 3.05) is 17.8 Å². The summed E-state index contributed by atoms with van der Waals surface area (Å²) < 4.78 is 0. The van der Waals surface area contributed by atoms with Crippen LogP contribution in [0, 0.1) is 0 Å². The van der Waals surface area contributed by atoms with Crippen molar-refractivity contribution >= 4 is 45.5 Å². The van der Waals surface area contributed by atoms with Crippen molar-refractivity contribution in [2.24, 2.45) is 0 Å². The summed E-state index contributed by atoms with van der Waals surface area (Å²) in [7, 11) is 1.93. The topological polar surface area (TPSA) is 33.2 Å². The van der Waals surface area contributed by atoms with Crippen molar-refractivity contribution in [3.8, 4) is 0 Å². The maximum absolute atomic E-state index is 11.4. The molecule has 0 fully saturated rings. The van der Waals surface area contributed by atoms with Crippen LogP contribution in [0.3, 0.4) is 0 Å². The highest BCUT2D eigenvalue weighted by Crippen LogP contribution is 2.22. The molecule has 19 heavy (non-hydrogen) atoms. The monoisotopic (exact) mass is 314 g/mol. The first kappa shape index (κ1) is 14.3. The van der Waals surface area contributed by atoms with Gasteiger partial charge in [0.1, 0.15) is 5.69 Å². The molecule has 2 aromatic rings. The van der Waals surface area contributed by atoms with Crippen LogP contribution in [0.5, 0.6) is 0 Å². The van der Waals surface area contributed by atoms with Crippen LogP contribution in [-0.4, -0.2) is 23.7 Å². The molecule has 0 amide bonds. The highest BCUT2D eigenvalue weighted by Gasteiger charge is 2.12. The van der Waals surface area contributed by atoms with Gasteiger partial charge in [0.2, 0.25) is 0 Å². The molecular weight excluding hydrogens is 303 g/mol. The summed E-state index contributed by atoms with van der Waals surface area (Å²) in [6.45, 7) is 0.708. The zero-order valence-electron chi connectivity index (χ0n) is 10.3. The van der Waals surface area contributed by atoms with Crippen LogP contribution in [0.1, 0.15) is 16.1 Å². The Morgan fingerprint density at radius 2 is 2.05 bits per heavy atom. The number of ketones is 1. The molecule has 0 spiro atoms. The van der Waals surface area contributed by atoms with Crippen LogP contribution < -0.4 is 4.90 Å². The van der Waals surface area contributed by atoms with E-state index in [0.717, 1.165) is 15.7 Å². The summed E-state index contributed by atoms with van der Waals surface area (Å²) in [5, 5.41) is 3.25. The number of rotatable bonds is 5. The predicted molar refractivity (Wildman–Crippen MR) is 80.7 cm³/mol. The molecule has 0 bridgehead atoms. The molecule has 0 saturated heterocycles. The molecule has 1 aromatic heterocycles. The second kappa shape index (κ2) is 6.37. The standard InChI is InChI=1S/C13H12Cl2N2OS/c1-17(7-9-2-4-10(15)5-3-9)13-16-11(8-19-13)12(18)6-14/h2-5,8H,6-7H2,1H3. The molecule has 0 aliphatic carbocycles. The fraction of sp³-hybridized carbons (Fsp3) is 0.231. The predicted octanol–water partition coefficient (Wildman–Crippen LogP) is 3.85. The number of carbonyl (C=O) groups excluding carboxylic acids is 1. The quantitative estimate of drug-likeness (QED) is 0.620. The van der Waals surface area contributed by atoms with E-state index >= 15 is 0 Å². The lowest BCUT2D eigenvalue weighted by atomic mass is 10.2. The van der Waals surface area contributed by atoms with E-state index in [4.69, 9.17) is 23.2 Å². The third kappa shape index (κ3) is 3.69. The van der Waals surface area contributed by atoms with Crippen LogP contribution in [0.25, 0.3) is 0 Å². The highest BCUT2D eigenvalue weighted by atomic mass is 35.5. The SMILES string of the molecule is CN(Cc1ccc(Cl)cc1)c1nc(C(=O)CCl)cs1. The van der Waals surface area contributed by atoms with Gasteiger partial charge in [0.15, 0.2) is 10.9 Å². The zero-order chi connectivity index (χ0) is 13.8. The summed E-state index contributed by atoms with van der Waals surface area (Å²) in [5.74, 6) is -0.187. The van der Waals surface area contributed by atoms with Crippen molar-refractivity contribution in [3.63, 3.8) is 0 Å².